The first-order valence-electron chi connectivity index (χ1n) is 7.42. The van der Waals surface area contributed by atoms with Crippen LogP contribution in [0.4, 0.5) is 0 Å². The molecule has 5 heteroatoms. The topological polar surface area (TPSA) is 75.0 Å². The van der Waals surface area contributed by atoms with E-state index in [0.29, 0.717) is 23.3 Å². The van der Waals surface area contributed by atoms with E-state index in [1.54, 1.807) is 36.5 Å². The Morgan fingerprint density at radius 2 is 2.26 bits per heavy atom. The lowest BCUT2D eigenvalue weighted by molar-refractivity contribution is 0.0619. The van der Waals surface area contributed by atoms with Gasteiger partial charge in [-0.05, 0) is 44.2 Å². The van der Waals surface area contributed by atoms with E-state index in [4.69, 9.17) is 10.00 Å². The van der Waals surface area contributed by atoms with Gasteiger partial charge in [0.05, 0.1) is 23.2 Å². The van der Waals surface area contributed by atoms with E-state index >= 15 is 0 Å². The summed E-state index contributed by atoms with van der Waals surface area (Å²) in [7, 11) is 0. The highest BCUT2D eigenvalue weighted by molar-refractivity contribution is 5.94. The molecule has 1 aliphatic heterocycles. The zero-order chi connectivity index (χ0) is 16.4. The number of rotatable bonds is 2. The molecule has 3 rings (SSSR count). The number of pyridine rings is 1. The van der Waals surface area contributed by atoms with Gasteiger partial charge in [-0.3, -0.25) is 9.78 Å². The number of hydrogen-bond acceptors (Lipinski definition) is 4. The second-order valence-electron chi connectivity index (χ2n) is 6.20. The van der Waals surface area contributed by atoms with Gasteiger partial charge in [-0.15, -0.1) is 0 Å². The fourth-order valence-corrected chi connectivity index (χ4v) is 2.79. The van der Waals surface area contributed by atoms with Crippen molar-refractivity contribution in [2.24, 2.45) is 0 Å². The van der Waals surface area contributed by atoms with Crippen LogP contribution in [0.15, 0.2) is 42.7 Å². The van der Waals surface area contributed by atoms with Gasteiger partial charge in [0.15, 0.2) is 0 Å². The van der Waals surface area contributed by atoms with E-state index in [1.807, 2.05) is 13.8 Å². The normalized spacial score (nSPS) is 18.2. The lowest BCUT2D eigenvalue weighted by atomic mass is 9.88. The van der Waals surface area contributed by atoms with Gasteiger partial charge in [0.25, 0.3) is 5.91 Å². The Labute approximate surface area is 134 Å². The standard InChI is InChI=1S/C18H17N3O2/c1-18(2)9-15(21-17(22)13-4-3-7-20-11-13)14-8-12(10-19)5-6-16(14)23-18/h3-8,11,15H,9H2,1-2H3,(H,21,22). The number of carbonyl (C=O) groups excluding carboxylic acids is 1. The van der Waals surface area contributed by atoms with Gasteiger partial charge < -0.3 is 10.1 Å². The van der Waals surface area contributed by atoms with Gasteiger partial charge in [0, 0.05) is 24.4 Å². The molecule has 1 aliphatic rings. The van der Waals surface area contributed by atoms with E-state index < -0.39 is 5.60 Å². The van der Waals surface area contributed by atoms with Crippen LogP contribution in [-0.4, -0.2) is 16.5 Å². The van der Waals surface area contributed by atoms with E-state index in [1.165, 1.54) is 6.20 Å². The van der Waals surface area contributed by atoms with Gasteiger partial charge >= 0.3 is 0 Å². The first-order chi connectivity index (χ1) is 11.0. The molecule has 0 aliphatic carbocycles. The lowest BCUT2D eigenvalue weighted by Crippen LogP contribution is -2.41. The van der Waals surface area contributed by atoms with Crippen molar-refractivity contribution in [1.82, 2.24) is 10.3 Å². The molecule has 1 amide bonds. The number of nitriles is 1. The fraction of sp³-hybridized carbons (Fsp3) is 0.278. The van der Waals surface area contributed by atoms with Crippen LogP contribution in [0.5, 0.6) is 5.75 Å². The summed E-state index contributed by atoms with van der Waals surface area (Å²) in [6, 6.07) is 10.6. The molecule has 0 fully saturated rings. The number of hydrogen-bond donors (Lipinski definition) is 1. The molecule has 0 saturated heterocycles. The zero-order valence-electron chi connectivity index (χ0n) is 13.0. The van der Waals surface area contributed by atoms with Crippen molar-refractivity contribution < 1.29 is 9.53 Å². The molecule has 116 valence electrons. The maximum atomic E-state index is 12.4. The van der Waals surface area contributed by atoms with Crippen LogP contribution in [0.1, 0.15) is 47.8 Å². The number of amides is 1. The Hall–Kier alpha value is -2.87. The average Bonchev–Trinajstić information content (AvgIpc) is 2.54. The zero-order valence-corrected chi connectivity index (χ0v) is 13.0. The molecule has 0 saturated carbocycles. The van der Waals surface area contributed by atoms with Crippen LogP contribution in [0.3, 0.4) is 0 Å². The molecule has 0 radical (unpaired) electrons. The molecule has 1 aromatic heterocycles. The van der Waals surface area contributed by atoms with Crippen molar-refractivity contribution in [3.63, 3.8) is 0 Å². The largest absolute Gasteiger partial charge is 0.487 e. The highest BCUT2D eigenvalue weighted by atomic mass is 16.5. The van der Waals surface area contributed by atoms with Crippen LogP contribution in [0.2, 0.25) is 0 Å². The first kappa shape index (κ1) is 15.0. The Balaban J connectivity index is 1.93. The summed E-state index contributed by atoms with van der Waals surface area (Å²) in [5.74, 6) is 0.519. The summed E-state index contributed by atoms with van der Waals surface area (Å²) in [4.78, 5) is 16.4. The number of fused-ring (bicyclic) bond motifs is 1. The van der Waals surface area contributed by atoms with Crippen LogP contribution < -0.4 is 10.1 Å². The average molecular weight is 307 g/mol. The molecule has 1 atom stereocenters. The molecule has 5 nitrogen and oxygen atoms in total. The molecule has 1 aromatic carbocycles. The third kappa shape index (κ3) is 3.16. The number of aromatic nitrogens is 1. The van der Waals surface area contributed by atoms with Crippen molar-refractivity contribution in [1.29, 1.82) is 5.26 Å². The molecule has 0 bridgehead atoms. The molecule has 1 N–H and O–H groups in total. The van der Waals surface area contributed by atoms with Gasteiger partial charge in [-0.25, -0.2) is 0 Å². The highest BCUT2D eigenvalue weighted by Crippen LogP contribution is 2.39. The minimum atomic E-state index is -0.395. The predicted octanol–water partition coefficient (Wildman–Crippen LogP) is 2.99. The molecule has 0 spiro atoms. The summed E-state index contributed by atoms with van der Waals surface area (Å²) in [6.45, 7) is 3.97. The highest BCUT2D eigenvalue weighted by Gasteiger charge is 2.34. The van der Waals surface area contributed by atoms with Crippen molar-refractivity contribution in [2.75, 3.05) is 0 Å². The molecular weight excluding hydrogens is 290 g/mol. The van der Waals surface area contributed by atoms with E-state index in [9.17, 15) is 4.79 Å². The number of nitrogens with one attached hydrogen (secondary N) is 1. The maximum absolute atomic E-state index is 12.4. The second kappa shape index (κ2) is 5.73. The Morgan fingerprint density at radius 3 is 2.96 bits per heavy atom. The number of benzene rings is 1. The van der Waals surface area contributed by atoms with E-state index in [-0.39, 0.29) is 11.9 Å². The second-order valence-corrected chi connectivity index (χ2v) is 6.20. The number of nitrogens with zero attached hydrogens (tertiary/aromatic N) is 2. The molecule has 1 unspecified atom stereocenters. The third-order valence-electron chi connectivity index (χ3n) is 3.83. The van der Waals surface area contributed by atoms with Crippen LogP contribution in [0.25, 0.3) is 0 Å². The Kier molecular flexibility index (Phi) is 3.75. The number of ether oxygens (including phenoxy) is 1. The summed E-state index contributed by atoms with van der Waals surface area (Å²) >= 11 is 0. The van der Waals surface area contributed by atoms with E-state index in [0.717, 1.165) is 5.56 Å². The lowest BCUT2D eigenvalue weighted by Gasteiger charge is -2.38. The van der Waals surface area contributed by atoms with Crippen molar-refractivity contribution in [3.8, 4) is 11.8 Å². The molecule has 2 heterocycles. The smallest absolute Gasteiger partial charge is 0.253 e. The summed E-state index contributed by atoms with van der Waals surface area (Å²) in [5.41, 5.74) is 1.50. The SMILES string of the molecule is CC1(C)CC(NC(=O)c2cccnc2)c2cc(C#N)ccc2O1. The summed E-state index contributed by atoms with van der Waals surface area (Å²) < 4.78 is 5.96. The van der Waals surface area contributed by atoms with Crippen LogP contribution in [-0.2, 0) is 0 Å². The maximum Gasteiger partial charge on any atom is 0.253 e. The quantitative estimate of drug-likeness (QED) is 0.925. The molecular formula is C18H17N3O2. The van der Waals surface area contributed by atoms with Gasteiger partial charge in [-0.1, -0.05) is 0 Å². The van der Waals surface area contributed by atoms with Crippen molar-refractivity contribution >= 4 is 5.91 Å². The summed E-state index contributed by atoms with van der Waals surface area (Å²) in [6.07, 6.45) is 3.79. The van der Waals surface area contributed by atoms with Crippen LogP contribution in [0, 0.1) is 11.3 Å². The van der Waals surface area contributed by atoms with Crippen LogP contribution >= 0.6 is 0 Å². The van der Waals surface area contributed by atoms with Crippen molar-refractivity contribution in [2.45, 2.75) is 31.9 Å². The Morgan fingerprint density at radius 1 is 1.43 bits per heavy atom. The monoisotopic (exact) mass is 307 g/mol. The Bertz CT molecular complexity index is 779. The number of carbonyl (C=O) groups is 1. The third-order valence-corrected chi connectivity index (χ3v) is 3.83. The molecule has 2 aromatic rings. The minimum absolute atomic E-state index is 0.186. The van der Waals surface area contributed by atoms with Gasteiger partial charge in [0.1, 0.15) is 11.4 Å². The van der Waals surface area contributed by atoms with E-state index in [2.05, 4.69) is 16.4 Å². The van der Waals surface area contributed by atoms with Crippen molar-refractivity contribution in [3.05, 3.63) is 59.4 Å². The predicted molar refractivity (Wildman–Crippen MR) is 84.9 cm³/mol. The van der Waals surface area contributed by atoms with Gasteiger partial charge in [-0.2, -0.15) is 5.26 Å². The first-order valence-corrected chi connectivity index (χ1v) is 7.42. The molecule has 23 heavy (non-hydrogen) atoms. The fourth-order valence-electron chi connectivity index (χ4n) is 2.79. The summed E-state index contributed by atoms with van der Waals surface area (Å²) in [5, 5.41) is 12.1. The minimum Gasteiger partial charge on any atom is -0.487 e. The van der Waals surface area contributed by atoms with Gasteiger partial charge in [0.2, 0.25) is 0 Å².